The van der Waals surface area contributed by atoms with Gasteiger partial charge in [-0.1, -0.05) is 106 Å². The van der Waals surface area contributed by atoms with E-state index < -0.39 is 0 Å². The number of rotatable bonds is 14. The fraction of sp³-hybridized carbons (Fsp3) is 0.351. The first-order valence-corrected chi connectivity index (χ1v) is 14.9. The van der Waals surface area contributed by atoms with Crippen LogP contribution in [0.25, 0.3) is 0 Å². The number of anilines is 2. The lowest BCUT2D eigenvalue weighted by Crippen LogP contribution is -1.97. The van der Waals surface area contributed by atoms with Crippen LogP contribution >= 0.6 is 0 Å². The van der Waals surface area contributed by atoms with Gasteiger partial charge in [0.05, 0.1) is 0 Å². The maximum Gasteiger partial charge on any atom is 0.0346 e. The Balaban J connectivity index is 1.17. The standard InChI is InChI=1S/C37H46N2/c1-3-8-34-26-32(20-22-36(34)38)24-30-16-12-28(13-17-30)10-6-5-7-11-29-14-18-31(19-15-29)25-33-21-23-37(39)35(27-33)9-4-2/h12-23,26-27H,3-11,24-25,38-39H2,1-2H3. The molecule has 0 unspecified atom stereocenters. The van der Waals surface area contributed by atoms with Gasteiger partial charge in [-0.25, -0.2) is 0 Å². The molecule has 0 saturated heterocycles. The number of unbranched alkanes of at least 4 members (excludes halogenated alkanes) is 2. The summed E-state index contributed by atoms with van der Waals surface area (Å²) in [5.41, 5.74) is 25.0. The summed E-state index contributed by atoms with van der Waals surface area (Å²) in [5, 5.41) is 0. The highest BCUT2D eigenvalue weighted by Gasteiger charge is 2.05. The number of hydrogen-bond acceptors (Lipinski definition) is 2. The summed E-state index contributed by atoms with van der Waals surface area (Å²) in [4.78, 5) is 0. The van der Waals surface area contributed by atoms with Gasteiger partial charge in [0, 0.05) is 11.4 Å². The predicted octanol–water partition coefficient (Wildman–Crippen LogP) is 8.89. The number of nitrogen functional groups attached to an aromatic ring is 2. The van der Waals surface area contributed by atoms with Gasteiger partial charge < -0.3 is 11.5 Å². The molecule has 0 amide bonds. The highest BCUT2D eigenvalue weighted by molar-refractivity contribution is 5.50. The van der Waals surface area contributed by atoms with Crippen molar-refractivity contribution in [3.8, 4) is 0 Å². The molecule has 2 nitrogen and oxygen atoms in total. The molecule has 0 spiro atoms. The highest BCUT2D eigenvalue weighted by Crippen LogP contribution is 2.21. The Labute approximate surface area is 236 Å². The second kappa shape index (κ2) is 14.6. The zero-order valence-corrected chi connectivity index (χ0v) is 24.0. The molecule has 204 valence electrons. The van der Waals surface area contributed by atoms with Crippen LogP contribution in [0.1, 0.15) is 90.5 Å². The molecular formula is C37H46N2. The minimum Gasteiger partial charge on any atom is -0.399 e. The first-order chi connectivity index (χ1) is 19.0. The Kier molecular flexibility index (Phi) is 10.7. The molecule has 0 aromatic heterocycles. The van der Waals surface area contributed by atoms with Crippen LogP contribution in [0.3, 0.4) is 0 Å². The third-order valence-corrected chi connectivity index (χ3v) is 7.75. The molecule has 4 aromatic rings. The summed E-state index contributed by atoms with van der Waals surface area (Å²) in [6.45, 7) is 4.41. The van der Waals surface area contributed by atoms with Crippen LogP contribution in [0.5, 0.6) is 0 Å². The van der Waals surface area contributed by atoms with E-state index in [1.54, 1.807) is 0 Å². The lowest BCUT2D eigenvalue weighted by atomic mass is 9.97. The van der Waals surface area contributed by atoms with E-state index in [4.69, 9.17) is 11.5 Å². The van der Waals surface area contributed by atoms with E-state index >= 15 is 0 Å². The van der Waals surface area contributed by atoms with Crippen molar-refractivity contribution in [1.82, 2.24) is 0 Å². The number of nitrogens with two attached hydrogens (primary N) is 2. The molecule has 4 N–H and O–H groups in total. The lowest BCUT2D eigenvalue weighted by Gasteiger charge is -2.09. The normalized spacial score (nSPS) is 11.1. The van der Waals surface area contributed by atoms with Gasteiger partial charge in [0.25, 0.3) is 0 Å². The average molecular weight is 519 g/mol. The minimum absolute atomic E-state index is 0.920. The highest BCUT2D eigenvalue weighted by atomic mass is 14.6. The maximum atomic E-state index is 6.13. The molecule has 0 aliphatic carbocycles. The number of aryl methyl sites for hydroxylation is 4. The Morgan fingerprint density at radius 2 is 0.769 bits per heavy atom. The third-order valence-electron chi connectivity index (χ3n) is 7.75. The van der Waals surface area contributed by atoms with Crippen LogP contribution in [0.4, 0.5) is 11.4 Å². The topological polar surface area (TPSA) is 52.0 Å². The predicted molar refractivity (Wildman–Crippen MR) is 169 cm³/mol. The maximum absolute atomic E-state index is 6.13. The van der Waals surface area contributed by atoms with E-state index in [-0.39, 0.29) is 0 Å². The third kappa shape index (κ3) is 8.75. The van der Waals surface area contributed by atoms with Crippen molar-refractivity contribution in [3.63, 3.8) is 0 Å². The minimum atomic E-state index is 0.920. The second-order valence-electron chi connectivity index (χ2n) is 11.1. The molecule has 0 aliphatic heterocycles. The summed E-state index contributed by atoms with van der Waals surface area (Å²) < 4.78 is 0. The quantitative estimate of drug-likeness (QED) is 0.129. The second-order valence-corrected chi connectivity index (χ2v) is 11.1. The van der Waals surface area contributed by atoms with Gasteiger partial charge in [0.15, 0.2) is 0 Å². The van der Waals surface area contributed by atoms with Crippen molar-refractivity contribution in [2.24, 2.45) is 0 Å². The van der Waals surface area contributed by atoms with Crippen molar-refractivity contribution < 1.29 is 0 Å². The summed E-state index contributed by atoms with van der Waals surface area (Å²) in [5.74, 6) is 0. The van der Waals surface area contributed by atoms with E-state index in [1.165, 1.54) is 63.8 Å². The molecule has 0 saturated carbocycles. The van der Waals surface area contributed by atoms with Gasteiger partial charge in [-0.05, 0) is 108 Å². The number of benzene rings is 4. The summed E-state index contributed by atoms with van der Waals surface area (Å²) in [6, 6.07) is 31.4. The first-order valence-electron chi connectivity index (χ1n) is 14.9. The van der Waals surface area contributed by atoms with E-state index in [9.17, 15) is 0 Å². The van der Waals surface area contributed by atoms with Crippen molar-refractivity contribution in [3.05, 3.63) is 129 Å². The van der Waals surface area contributed by atoms with E-state index in [1.807, 2.05) is 0 Å². The number of hydrogen-bond donors (Lipinski definition) is 2. The van der Waals surface area contributed by atoms with Crippen LogP contribution in [-0.4, -0.2) is 0 Å². The fourth-order valence-electron chi connectivity index (χ4n) is 5.46. The zero-order valence-electron chi connectivity index (χ0n) is 24.0. The van der Waals surface area contributed by atoms with Crippen LogP contribution in [0.2, 0.25) is 0 Å². The lowest BCUT2D eigenvalue weighted by molar-refractivity contribution is 0.678. The molecule has 0 radical (unpaired) electrons. The monoisotopic (exact) mass is 518 g/mol. The molecule has 0 aliphatic rings. The Bertz CT molecular complexity index is 1200. The van der Waals surface area contributed by atoms with Crippen molar-refractivity contribution in [2.45, 2.75) is 84.5 Å². The van der Waals surface area contributed by atoms with Crippen molar-refractivity contribution in [1.29, 1.82) is 0 Å². The molecule has 4 aromatic carbocycles. The van der Waals surface area contributed by atoms with Gasteiger partial charge in [-0.3, -0.25) is 0 Å². The largest absolute Gasteiger partial charge is 0.399 e. The Hall–Kier alpha value is -3.52. The molecular weight excluding hydrogens is 472 g/mol. The van der Waals surface area contributed by atoms with Crippen molar-refractivity contribution in [2.75, 3.05) is 11.5 Å². The zero-order chi connectivity index (χ0) is 27.5. The molecule has 0 fully saturated rings. The van der Waals surface area contributed by atoms with Crippen molar-refractivity contribution >= 4 is 11.4 Å². The molecule has 2 heteroatoms. The smallest absolute Gasteiger partial charge is 0.0346 e. The van der Waals surface area contributed by atoms with Gasteiger partial charge in [-0.15, -0.1) is 0 Å². The van der Waals surface area contributed by atoms with Crippen LogP contribution in [0.15, 0.2) is 84.9 Å². The molecule has 4 rings (SSSR count). The SMILES string of the molecule is CCCc1cc(Cc2ccc(CCCCCc3ccc(Cc4ccc(N)c(CCC)c4)cc3)cc2)ccc1N. The van der Waals surface area contributed by atoms with Crippen LogP contribution in [0, 0.1) is 0 Å². The average Bonchev–Trinajstić information content (AvgIpc) is 2.94. The van der Waals surface area contributed by atoms with E-state index in [0.29, 0.717) is 0 Å². The van der Waals surface area contributed by atoms with Gasteiger partial charge in [0.2, 0.25) is 0 Å². The molecule has 0 bridgehead atoms. The van der Waals surface area contributed by atoms with Gasteiger partial charge in [-0.2, -0.15) is 0 Å². The van der Waals surface area contributed by atoms with Gasteiger partial charge >= 0.3 is 0 Å². The Morgan fingerprint density at radius 3 is 1.15 bits per heavy atom. The first kappa shape index (κ1) is 28.5. The van der Waals surface area contributed by atoms with E-state index in [0.717, 1.165) is 62.7 Å². The molecule has 39 heavy (non-hydrogen) atoms. The fourth-order valence-corrected chi connectivity index (χ4v) is 5.46. The molecule has 0 atom stereocenters. The summed E-state index contributed by atoms with van der Waals surface area (Å²) in [7, 11) is 0. The molecule has 0 heterocycles. The van der Waals surface area contributed by atoms with Crippen LogP contribution in [-0.2, 0) is 38.5 Å². The summed E-state index contributed by atoms with van der Waals surface area (Å²) in [6.07, 6.45) is 12.3. The summed E-state index contributed by atoms with van der Waals surface area (Å²) >= 11 is 0. The van der Waals surface area contributed by atoms with Crippen LogP contribution < -0.4 is 11.5 Å². The van der Waals surface area contributed by atoms with Gasteiger partial charge in [0.1, 0.15) is 0 Å². The Morgan fingerprint density at radius 1 is 0.410 bits per heavy atom. The van der Waals surface area contributed by atoms with E-state index in [2.05, 4.69) is 98.8 Å².